The van der Waals surface area contributed by atoms with E-state index in [4.69, 9.17) is 0 Å². The molecule has 4 nitrogen and oxygen atoms in total. The minimum Gasteiger partial charge on any atom is -0.310 e. The van der Waals surface area contributed by atoms with E-state index in [1.54, 1.807) is 0 Å². The number of aromatic amines is 1. The fourth-order valence-electron chi connectivity index (χ4n) is 2.85. The molecule has 0 bridgehead atoms. The maximum atomic E-state index is 13.8. The van der Waals surface area contributed by atoms with Gasteiger partial charge in [0.1, 0.15) is 5.82 Å². The van der Waals surface area contributed by atoms with Crippen molar-refractivity contribution >= 4 is 0 Å². The summed E-state index contributed by atoms with van der Waals surface area (Å²) in [6, 6.07) is 2.17. The number of hydrogen-bond donors (Lipinski definition) is 1. The monoisotopic (exact) mass is 337 g/mol. The van der Waals surface area contributed by atoms with Crippen molar-refractivity contribution in [1.82, 2.24) is 14.9 Å². The van der Waals surface area contributed by atoms with Crippen molar-refractivity contribution in [3.63, 3.8) is 0 Å². The van der Waals surface area contributed by atoms with Crippen LogP contribution in [-0.4, -0.2) is 21.4 Å². The number of aromatic nitrogens is 2. The molecule has 1 aromatic heterocycles. The van der Waals surface area contributed by atoms with Gasteiger partial charge in [-0.2, -0.15) is 0 Å². The fourth-order valence-corrected chi connectivity index (χ4v) is 2.85. The van der Waals surface area contributed by atoms with Crippen molar-refractivity contribution in [3.8, 4) is 0 Å². The summed E-state index contributed by atoms with van der Waals surface area (Å²) in [5, 5.41) is 0. The minimum atomic E-state index is -1.46. The summed E-state index contributed by atoms with van der Waals surface area (Å²) < 4.78 is 40.2. The van der Waals surface area contributed by atoms with E-state index in [1.165, 1.54) is 6.07 Å². The number of benzene rings is 1. The molecule has 1 aliphatic rings. The summed E-state index contributed by atoms with van der Waals surface area (Å²) in [7, 11) is 0. The number of nitrogens with one attached hydrogen (secondary N) is 1. The highest BCUT2D eigenvalue weighted by atomic mass is 19.2. The second-order valence-electron chi connectivity index (χ2n) is 6.33. The van der Waals surface area contributed by atoms with Gasteiger partial charge in [-0.05, 0) is 12.5 Å². The van der Waals surface area contributed by atoms with Gasteiger partial charge in [0.2, 0.25) is 0 Å². The topological polar surface area (TPSA) is 49.0 Å². The normalized spacial score (nSPS) is 14.9. The Hall–Kier alpha value is -2.15. The maximum Gasteiger partial charge on any atom is 0.254 e. The molecule has 0 unspecified atom stereocenters. The number of H-pyrrole nitrogens is 1. The molecule has 1 aromatic carbocycles. The van der Waals surface area contributed by atoms with Crippen molar-refractivity contribution in [2.45, 2.75) is 39.3 Å². The Morgan fingerprint density at radius 2 is 2.00 bits per heavy atom. The quantitative estimate of drug-likeness (QED) is 0.876. The summed E-state index contributed by atoms with van der Waals surface area (Å²) in [6.07, 6.45) is 0.487. The SMILES string of the molecule is CC(C)c1nc2c(c(=O)[nH]1)CCN(Cc1ccc(F)c(F)c1F)C2. The van der Waals surface area contributed by atoms with Gasteiger partial charge in [-0.25, -0.2) is 18.2 Å². The lowest BCUT2D eigenvalue weighted by atomic mass is 10.0. The average molecular weight is 337 g/mol. The van der Waals surface area contributed by atoms with Gasteiger partial charge in [-0.1, -0.05) is 19.9 Å². The number of hydrogen-bond acceptors (Lipinski definition) is 3. The zero-order chi connectivity index (χ0) is 17.4. The van der Waals surface area contributed by atoms with Gasteiger partial charge >= 0.3 is 0 Å². The van der Waals surface area contributed by atoms with Gasteiger partial charge in [0, 0.05) is 36.7 Å². The van der Waals surface area contributed by atoms with E-state index in [0.29, 0.717) is 36.6 Å². The first-order chi connectivity index (χ1) is 11.4. The maximum absolute atomic E-state index is 13.8. The van der Waals surface area contributed by atoms with E-state index in [2.05, 4.69) is 9.97 Å². The van der Waals surface area contributed by atoms with E-state index in [1.807, 2.05) is 18.7 Å². The molecule has 0 fully saturated rings. The summed E-state index contributed by atoms with van der Waals surface area (Å²) in [4.78, 5) is 21.3. The molecule has 2 aromatic rings. The molecule has 7 heteroatoms. The molecule has 24 heavy (non-hydrogen) atoms. The highest BCUT2D eigenvalue weighted by Crippen LogP contribution is 2.21. The first-order valence-electron chi connectivity index (χ1n) is 7.83. The molecule has 1 N–H and O–H groups in total. The number of nitrogens with zero attached hydrogens (tertiary/aromatic N) is 2. The van der Waals surface area contributed by atoms with Gasteiger partial charge in [-0.3, -0.25) is 9.69 Å². The van der Waals surface area contributed by atoms with Crippen LogP contribution in [0, 0.1) is 17.5 Å². The Bertz CT molecular complexity index is 833. The second kappa shape index (κ2) is 6.39. The lowest BCUT2D eigenvalue weighted by Gasteiger charge is -2.28. The lowest BCUT2D eigenvalue weighted by molar-refractivity contribution is 0.235. The van der Waals surface area contributed by atoms with Crippen molar-refractivity contribution in [2.24, 2.45) is 0 Å². The highest BCUT2D eigenvalue weighted by Gasteiger charge is 2.23. The third-order valence-electron chi connectivity index (χ3n) is 4.23. The molecule has 0 radical (unpaired) electrons. The summed E-state index contributed by atoms with van der Waals surface area (Å²) in [5.41, 5.74) is 1.26. The molecule has 3 rings (SSSR count). The first-order valence-corrected chi connectivity index (χ1v) is 7.83. The zero-order valence-electron chi connectivity index (χ0n) is 13.5. The van der Waals surface area contributed by atoms with E-state index in [9.17, 15) is 18.0 Å². The van der Waals surface area contributed by atoms with E-state index in [-0.39, 0.29) is 23.6 Å². The van der Waals surface area contributed by atoms with Crippen molar-refractivity contribution in [2.75, 3.05) is 6.54 Å². The van der Waals surface area contributed by atoms with Crippen LogP contribution >= 0.6 is 0 Å². The van der Waals surface area contributed by atoms with Crippen LogP contribution < -0.4 is 5.56 Å². The third-order valence-corrected chi connectivity index (χ3v) is 4.23. The van der Waals surface area contributed by atoms with E-state index >= 15 is 0 Å². The largest absolute Gasteiger partial charge is 0.310 e. The predicted molar refractivity (Wildman–Crippen MR) is 83.1 cm³/mol. The van der Waals surface area contributed by atoms with Crippen molar-refractivity contribution < 1.29 is 13.2 Å². The average Bonchev–Trinajstić information content (AvgIpc) is 2.55. The van der Waals surface area contributed by atoms with Gasteiger partial charge in [-0.15, -0.1) is 0 Å². The van der Waals surface area contributed by atoms with Crippen LogP contribution in [0.2, 0.25) is 0 Å². The van der Waals surface area contributed by atoms with Gasteiger partial charge < -0.3 is 4.98 Å². The Morgan fingerprint density at radius 3 is 2.71 bits per heavy atom. The molecule has 0 spiro atoms. The van der Waals surface area contributed by atoms with E-state index < -0.39 is 17.5 Å². The summed E-state index contributed by atoms with van der Waals surface area (Å²) in [5.74, 6) is -3.12. The van der Waals surface area contributed by atoms with Gasteiger partial charge in [0.25, 0.3) is 5.56 Å². The lowest BCUT2D eigenvalue weighted by Crippen LogP contribution is -2.35. The smallest absolute Gasteiger partial charge is 0.254 e. The van der Waals surface area contributed by atoms with Crippen LogP contribution in [0.5, 0.6) is 0 Å². The molecule has 128 valence electrons. The number of fused-ring (bicyclic) bond motifs is 1. The standard InChI is InChI=1S/C17H18F3N3O/c1-9(2)16-21-13-8-23(6-5-11(13)17(24)22-16)7-10-3-4-12(18)15(20)14(10)19/h3-4,9H,5-8H2,1-2H3,(H,21,22,24). The third kappa shape index (κ3) is 3.08. The number of halogens is 3. The fraction of sp³-hybridized carbons (Fsp3) is 0.412. The van der Waals surface area contributed by atoms with Gasteiger partial charge in [0.15, 0.2) is 17.5 Å². The van der Waals surface area contributed by atoms with Crippen LogP contribution in [0.3, 0.4) is 0 Å². The van der Waals surface area contributed by atoms with Crippen LogP contribution in [0.4, 0.5) is 13.2 Å². The zero-order valence-corrected chi connectivity index (χ0v) is 13.5. The van der Waals surface area contributed by atoms with Gasteiger partial charge in [0.05, 0.1) is 5.69 Å². The van der Waals surface area contributed by atoms with E-state index in [0.717, 1.165) is 6.07 Å². The molecule has 0 aliphatic carbocycles. The molecule has 2 heterocycles. The Balaban J connectivity index is 1.85. The molecular weight excluding hydrogens is 319 g/mol. The van der Waals surface area contributed by atoms with Crippen LogP contribution in [-0.2, 0) is 19.5 Å². The minimum absolute atomic E-state index is 0.0852. The Kier molecular flexibility index (Phi) is 4.45. The second-order valence-corrected chi connectivity index (χ2v) is 6.33. The first kappa shape index (κ1) is 16.7. The molecule has 0 saturated carbocycles. The molecule has 0 atom stereocenters. The number of rotatable bonds is 3. The Morgan fingerprint density at radius 1 is 1.25 bits per heavy atom. The molecule has 0 saturated heterocycles. The van der Waals surface area contributed by atoms with Crippen molar-refractivity contribution in [3.05, 3.63) is 62.6 Å². The molecular formula is C17H18F3N3O. The summed E-state index contributed by atoms with van der Waals surface area (Å²) in [6.45, 7) is 4.90. The van der Waals surface area contributed by atoms with Crippen LogP contribution in [0.15, 0.2) is 16.9 Å². The predicted octanol–water partition coefficient (Wildman–Crippen LogP) is 2.87. The highest BCUT2D eigenvalue weighted by molar-refractivity contribution is 5.24. The Labute approximate surface area is 137 Å². The van der Waals surface area contributed by atoms with Crippen molar-refractivity contribution in [1.29, 1.82) is 0 Å². The molecule has 1 aliphatic heterocycles. The summed E-state index contributed by atoms with van der Waals surface area (Å²) >= 11 is 0. The van der Waals surface area contributed by atoms with Crippen LogP contribution in [0.25, 0.3) is 0 Å². The van der Waals surface area contributed by atoms with Crippen LogP contribution in [0.1, 0.15) is 42.4 Å². The molecule has 0 amide bonds.